The SMILES string of the molecule is CN(C)CCOc1cc(-c2ccc3c(c2)ncn3[C@@H]2CCCC[C@H]2F)c2nc[nH]c2c1C(N)=O. The summed E-state index contributed by atoms with van der Waals surface area (Å²) in [5, 5.41) is 0. The molecule has 0 aliphatic heterocycles. The molecule has 5 rings (SSSR count). The normalized spacial score (nSPS) is 18.7. The summed E-state index contributed by atoms with van der Waals surface area (Å²) in [5.41, 5.74) is 10.5. The molecule has 2 aromatic carbocycles. The van der Waals surface area contributed by atoms with E-state index in [1.165, 1.54) is 0 Å². The molecule has 1 saturated carbocycles. The number of nitrogens with zero attached hydrogens (tertiary/aromatic N) is 4. The zero-order chi connectivity index (χ0) is 23.8. The molecule has 178 valence electrons. The Hall–Kier alpha value is -3.46. The number of halogens is 1. The molecule has 0 spiro atoms. The van der Waals surface area contributed by atoms with Gasteiger partial charge in [-0.3, -0.25) is 4.79 Å². The Morgan fingerprint density at radius 3 is 2.85 bits per heavy atom. The van der Waals surface area contributed by atoms with Crippen molar-refractivity contribution in [1.29, 1.82) is 0 Å². The third kappa shape index (κ3) is 4.00. The van der Waals surface area contributed by atoms with Crippen LogP contribution in [0, 0.1) is 0 Å². The Balaban J connectivity index is 1.58. The maximum Gasteiger partial charge on any atom is 0.254 e. The minimum absolute atomic E-state index is 0.172. The summed E-state index contributed by atoms with van der Waals surface area (Å²) >= 11 is 0. The number of carbonyl (C=O) groups is 1. The number of imidazole rings is 2. The summed E-state index contributed by atoms with van der Waals surface area (Å²) in [6, 6.07) is 7.57. The van der Waals surface area contributed by atoms with Crippen LogP contribution in [0.4, 0.5) is 4.39 Å². The lowest BCUT2D eigenvalue weighted by molar-refractivity contribution is 0.0997. The van der Waals surface area contributed by atoms with Crippen LogP contribution in [0.5, 0.6) is 5.75 Å². The first-order valence-electron chi connectivity index (χ1n) is 11.6. The van der Waals surface area contributed by atoms with Gasteiger partial charge in [0.05, 0.1) is 40.8 Å². The van der Waals surface area contributed by atoms with Crippen molar-refractivity contribution in [3.63, 3.8) is 0 Å². The quantitative estimate of drug-likeness (QED) is 0.429. The highest BCUT2D eigenvalue weighted by Crippen LogP contribution is 2.38. The monoisotopic (exact) mass is 464 g/mol. The number of hydrogen-bond acceptors (Lipinski definition) is 5. The second-order valence-electron chi connectivity index (χ2n) is 9.16. The van der Waals surface area contributed by atoms with Crippen LogP contribution >= 0.6 is 0 Å². The molecule has 4 aromatic rings. The highest BCUT2D eigenvalue weighted by molar-refractivity contribution is 6.10. The molecule has 8 nitrogen and oxygen atoms in total. The van der Waals surface area contributed by atoms with Crippen LogP contribution in [-0.4, -0.2) is 63.7 Å². The first kappa shape index (κ1) is 22.3. The molecule has 0 radical (unpaired) electrons. The van der Waals surface area contributed by atoms with Gasteiger partial charge in [-0.25, -0.2) is 14.4 Å². The molecule has 2 heterocycles. The first-order chi connectivity index (χ1) is 16.4. The number of alkyl halides is 1. The molecule has 2 aromatic heterocycles. The van der Waals surface area contributed by atoms with Crippen LogP contribution in [0.1, 0.15) is 42.1 Å². The van der Waals surface area contributed by atoms with Crippen LogP contribution < -0.4 is 10.5 Å². The van der Waals surface area contributed by atoms with E-state index in [4.69, 9.17) is 10.5 Å². The summed E-state index contributed by atoms with van der Waals surface area (Å²) in [4.78, 5) is 26.3. The molecule has 1 aliphatic carbocycles. The molecule has 3 N–H and O–H groups in total. The Kier molecular flexibility index (Phi) is 5.95. The maximum absolute atomic E-state index is 14.6. The van der Waals surface area contributed by atoms with E-state index in [1.54, 1.807) is 12.7 Å². The number of fused-ring (bicyclic) bond motifs is 2. The van der Waals surface area contributed by atoms with Crippen LogP contribution in [0.15, 0.2) is 36.9 Å². The Labute approximate surface area is 196 Å². The van der Waals surface area contributed by atoms with Gasteiger partial charge in [0.1, 0.15) is 24.1 Å². The lowest BCUT2D eigenvalue weighted by Gasteiger charge is -2.27. The first-order valence-corrected chi connectivity index (χ1v) is 11.6. The van der Waals surface area contributed by atoms with Crippen molar-refractivity contribution >= 4 is 28.0 Å². The standard InChI is InChI=1S/C25H29FN6O2/c1-31(2)9-10-34-21-12-16(23-24(29-13-28-23)22(21)25(27)33)15-7-8-20-18(11-15)30-14-32(20)19-6-4-3-5-17(19)26/h7-8,11-14,17,19H,3-6,9-10H2,1-2H3,(H2,27,33)(H,28,29)/t17-,19-/m1/s1. The second-order valence-corrected chi connectivity index (χ2v) is 9.16. The number of likely N-dealkylation sites (N-methyl/N-ethyl adjacent to an activating group) is 1. The molecule has 1 amide bonds. The van der Waals surface area contributed by atoms with Gasteiger partial charge in [-0.1, -0.05) is 18.9 Å². The second kappa shape index (κ2) is 9.06. The fourth-order valence-electron chi connectivity index (χ4n) is 4.84. The van der Waals surface area contributed by atoms with E-state index in [0.29, 0.717) is 36.4 Å². The van der Waals surface area contributed by atoms with E-state index in [0.717, 1.165) is 41.4 Å². The minimum Gasteiger partial charge on any atom is -0.491 e. The van der Waals surface area contributed by atoms with Gasteiger partial charge in [-0.05, 0) is 50.7 Å². The van der Waals surface area contributed by atoms with Crippen LogP contribution in [0.3, 0.4) is 0 Å². The Morgan fingerprint density at radius 1 is 1.26 bits per heavy atom. The average molecular weight is 465 g/mol. The predicted molar refractivity (Wildman–Crippen MR) is 130 cm³/mol. The van der Waals surface area contributed by atoms with Crippen molar-refractivity contribution < 1.29 is 13.9 Å². The van der Waals surface area contributed by atoms with Gasteiger partial charge < -0.3 is 24.9 Å². The summed E-state index contributed by atoms with van der Waals surface area (Å²) < 4.78 is 22.6. The van der Waals surface area contributed by atoms with Crippen molar-refractivity contribution in [2.45, 2.75) is 37.9 Å². The van der Waals surface area contributed by atoms with Crippen molar-refractivity contribution in [2.75, 3.05) is 27.2 Å². The van der Waals surface area contributed by atoms with Gasteiger partial charge in [0.25, 0.3) is 5.91 Å². The van der Waals surface area contributed by atoms with Gasteiger partial charge in [-0.15, -0.1) is 0 Å². The number of hydrogen-bond donors (Lipinski definition) is 2. The molecule has 34 heavy (non-hydrogen) atoms. The number of aromatic nitrogens is 4. The van der Waals surface area contributed by atoms with Gasteiger partial charge in [0, 0.05) is 12.1 Å². The zero-order valence-electron chi connectivity index (χ0n) is 19.4. The van der Waals surface area contributed by atoms with Crippen molar-refractivity contribution in [3.05, 3.63) is 42.5 Å². The van der Waals surface area contributed by atoms with E-state index >= 15 is 0 Å². The van der Waals surface area contributed by atoms with Crippen molar-refractivity contribution in [3.8, 4) is 16.9 Å². The number of ether oxygens (including phenoxy) is 1. The highest BCUT2D eigenvalue weighted by atomic mass is 19.1. The summed E-state index contributed by atoms with van der Waals surface area (Å²) in [6.45, 7) is 1.09. The highest BCUT2D eigenvalue weighted by Gasteiger charge is 2.27. The van der Waals surface area contributed by atoms with Gasteiger partial charge in [-0.2, -0.15) is 0 Å². The molecule has 1 fully saturated rings. The number of benzene rings is 2. The van der Waals surface area contributed by atoms with Crippen LogP contribution in [-0.2, 0) is 0 Å². The number of carbonyl (C=O) groups excluding carboxylic acids is 1. The molecule has 0 bridgehead atoms. The topological polar surface area (TPSA) is 102 Å². The number of rotatable bonds is 7. The van der Waals surface area contributed by atoms with Crippen LogP contribution in [0.25, 0.3) is 33.2 Å². The largest absolute Gasteiger partial charge is 0.491 e. The van der Waals surface area contributed by atoms with E-state index in [-0.39, 0.29) is 11.6 Å². The minimum atomic E-state index is -0.849. The van der Waals surface area contributed by atoms with E-state index in [2.05, 4.69) is 15.0 Å². The molecule has 0 unspecified atom stereocenters. The number of primary amides is 1. The molecular formula is C25H29FN6O2. The molecule has 2 atom stereocenters. The zero-order valence-corrected chi connectivity index (χ0v) is 19.4. The van der Waals surface area contributed by atoms with Gasteiger partial charge >= 0.3 is 0 Å². The predicted octanol–water partition coefficient (Wildman–Crippen LogP) is 4.07. The van der Waals surface area contributed by atoms with Crippen molar-refractivity contribution in [2.24, 2.45) is 5.73 Å². The average Bonchev–Trinajstić information content (AvgIpc) is 3.45. The van der Waals surface area contributed by atoms with Crippen LogP contribution in [0.2, 0.25) is 0 Å². The number of nitrogens with two attached hydrogens (primary N) is 1. The summed E-state index contributed by atoms with van der Waals surface area (Å²) in [7, 11) is 3.91. The molecule has 1 aliphatic rings. The number of H-pyrrole nitrogens is 1. The Bertz CT molecular complexity index is 1340. The summed E-state index contributed by atoms with van der Waals surface area (Å²) in [5.74, 6) is -0.169. The van der Waals surface area contributed by atoms with Gasteiger partial charge in [0.15, 0.2) is 0 Å². The lowest BCUT2D eigenvalue weighted by atomic mass is 9.93. The number of nitrogens with one attached hydrogen (secondary N) is 1. The fourth-order valence-corrected chi connectivity index (χ4v) is 4.84. The number of amides is 1. The smallest absolute Gasteiger partial charge is 0.254 e. The lowest BCUT2D eigenvalue weighted by Crippen LogP contribution is -2.23. The van der Waals surface area contributed by atoms with Crippen molar-refractivity contribution in [1.82, 2.24) is 24.4 Å². The van der Waals surface area contributed by atoms with E-state index in [9.17, 15) is 9.18 Å². The third-order valence-corrected chi connectivity index (χ3v) is 6.60. The Morgan fingerprint density at radius 2 is 2.09 bits per heavy atom. The molecular weight excluding hydrogens is 435 g/mol. The molecule has 9 heteroatoms. The fraction of sp³-hybridized carbons (Fsp3) is 0.400. The third-order valence-electron chi connectivity index (χ3n) is 6.60. The molecule has 0 saturated heterocycles. The van der Waals surface area contributed by atoms with E-state index in [1.807, 2.05) is 47.8 Å². The van der Waals surface area contributed by atoms with E-state index < -0.39 is 12.1 Å². The summed E-state index contributed by atoms with van der Waals surface area (Å²) in [6.07, 6.45) is 5.83. The maximum atomic E-state index is 14.6. The number of aromatic amines is 1. The van der Waals surface area contributed by atoms with Gasteiger partial charge in [0.2, 0.25) is 0 Å².